The predicted octanol–water partition coefficient (Wildman–Crippen LogP) is 6.54. The molecule has 0 unspecified atom stereocenters. The summed E-state index contributed by atoms with van der Waals surface area (Å²) in [5.74, 6) is -0.770. The molecule has 4 nitrogen and oxygen atoms in total. The van der Waals surface area contributed by atoms with Gasteiger partial charge in [-0.25, -0.2) is 0 Å². The fraction of sp³-hybridized carbons (Fsp3) is 0.0476. The summed E-state index contributed by atoms with van der Waals surface area (Å²) in [4.78, 5) is 13.6. The van der Waals surface area contributed by atoms with E-state index < -0.39 is 23.4 Å². The molecule has 3 aromatic rings. The Hall–Kier alpha value is -2.78. The summed E-state index contributed by atoms with van der Waals surface area (Å²) in [6.07, 6.45) is -3.73. The monoisotopic (exact) mass is 492 g/mol. The minimum Gasteiger partial charge on any atom is -0.449 e. The molecule has 0 spiro atoms. The Bertz CT molecular complexity index is 1140. The lowest BCUT2D eigenvalue weighted by Crippen LogP contribution is -2.25. The topological polar surface area (TPSA) is 45.8 Å². The molecule has 0 radical (unpaired) electrons. The maximum atomic E-state index is 13.6. The van der Waals surface area contributed by atoms with E-state index in [0.717, 1.165) is 16.0 Å². The SMILES string of the molecule is O=C1/C(=C\c2cc(Br)c(Sc3ccccc3)o2)C(C(F)(F)F)=NN1c1ccccc1. The molecule has 1 aliphatic heterocycles. The van der Waals surface area contributed by atoms with Gasteiger partial charge in [-0.2, -0.15) is 23.3 Å². The van der Waals surface area contributed by atoms with E-state index in [-0.39, 0.29) is 11.4 Å². The number of carbonyl (C=O) groups excluding carboxylic acids is 1. The second-order valence-corrected chi connectivity index (χ2v) is 8.06. The second-order valence-electron chi connectivity index (χ2n) is 6.16. The highest BCUT2D eigenvalue weighted by molar-refractivity contribution is 9.10. The number of halogens is 4. The van der Waals surface area contributed by atoms with E-state index in [2.05, 4.69) is 21.0 Å². The molecule has 1 amide bonds. The number of anilines is 1. The number of hydrogen-bond donors (Lipinski definition) is 0. The molecule has 152 valence electrons. The van der Waals surface area contributed by atoms with Crippen LogP contribution in [-0.2, 0) is 4.79 Å². The van der Waals surface area contributed by atoms with E-state index in [1.54, 1.807) is 18.2 Å². The molecule has 1 aliphatic rings. The van der Waals surface area contributed by atoms with Gasteiger partial charge in [0, 0.05) is 4.90 Å². The van der Waals surface area contributed by atoms with Gasteiger partial charge in [0.05, 0.1) is 15.7 Å². The molecule has 0 bridgehead atoms. The molecule has 0 atom stereocenters. The summed E-state index contributed by atoms with van der Waals surface area (Å²) in [6, 6.07) is 18.8. The normalized spacial score (nSPS) is 15.7. The van der Waals surface area contributed by atoms with Crippen molar-refractivity contribution >= 4 is 51.1 Å². The number of carbonyl (C=O) groups is 1. The van der Waals surface area contributed by atoms with Crippen molar-refractivity contribution in [2.75, 3.05) is 5.01 Å². The number of nitrogens with zero attached hydrogens (tertiary/aromatic N) is 2. The van der Waals surface area contributed by atoms with Crippen molar-refractivity contribution in [3.05, 3.63) is 82.5 Å². The van der Waals surface area contributed by atoms with Crippen molar-refractivity contribution in [1.82, 2.24) is 0 Å². The van der Waals surface area contributed by atoms with Crippen LogP contribution >= 0.6 is 27.7 Å². The average Bonchev–Trinajstić information content (AvgIpc) is 3.23. The molecule has 0 N–H and O–H groups in total. The third kappa shape index (κ3) is 4.22. The Morgan fingerprint density at radius 2 is 1.67 bits per heavy atom. The first kappa shape index (κ1) is 20.5. The maximum absolute atomic E-state index is 13.6. The zero-order valence-corrected chi connectivity index (χ0v) is 17.5. The largest absolute Gasteiger partial charge is 0.449 e. The van der Waals surface area contributed by atoms with Crippen LogP contribution in [0.3, 0.4) is 0 Å². The van der Waals surface area contributed by atoms with Crippen LogP contribution in [0.15, 0.2) is 96.3 Å². The van der Waals surface area contributed by atoms with Crippen molar-refractivity contribution in [2.24, 2.45) is 5.10 Å². The average molecular weight is 493 g/mol. The molecule has 0 fully saturated rings. The molecule has 2 aromatic carbocycles. The van der Waals surface area contributed by atoms with Gasteiger partial charge in [-0.05, 0) is 52.3 Å². The van der Waals surface area contributed by atoms with Crippen molar-refractivity contribution in [3.63, 3.8) is 0 Å². The number of rotatable bonds is 4. The number of furan rings is 1. The summed E-state index contributed by atoms with van der Waals surface area (Å²) in [5.41, 5.74) is -1.60. The molecule has 2 heterocycles. The van der Waals surface area contributed by atoms with Gasteiger partial charge >= 0.3 is 6.18 Å². The van der Waals surface area contributed by atoms with Gasteiger partial charge in [0.25, 0.3) is 5.91 Å². The molecular formula is C21H12BrF3N2O2S. The van der Waals surface area contributed by atoms with E-state index in [1.807, 2.05) is 30.3 Å². The molecule has 0 aliphatic carbocycles. The Balaban J connectivity index is 1.69. The van der Waals surface area contributed by atoms with Crippen molar-refractivity contribution in [2.45, 2.75) is 16.2 Å². The number of alkyl halides is 3. The number of hydrazone groups is 1. The summed E-state index contributed by atoms with van der Waals surface area (Å²) < 4.78 is 46.9. The Morgan fingerprint density at radius 1 is 1.03 bits per heavy atom. The second kappa shape index (κ2) is 8.16. The van der Waals surface area contributed by atoms with Crippen LogP contribution < -0.4 is 5.01 Å². The van der Waals surface area contributed by atoms with Gasteiger partial charge in [0.1, 0.15) is 5.76 Å². The quantitative estimate of drug-likeness (QED) is 0.388. The number of hydrogen-bond acceptors (Lipinski definition) is 4. The standard InChI is InChI=1S/C21H12BrF3N2O2S/c22-17-12-14(29-20(17)30-15-9-5-2-6-10-15)11-16-18(21(23,24)25)26-27(19(16)28)13-7-3-1-4-8-13/h1-12H/b16-11-. The molecule has 1 aromatic heterocycles. The Kier molecular flexibility index (Phi) is 5.57. The van der Waals surface area contributed by atoms with E-state index in [0.29, 0.717) is 9.56 Å². The van der Waals surface area contributed by atoms with Gasteiger partial charge in [-0.15, -0.1) is 0 Å². The van der Waals surface area contributed by atoms with E-state index in [9.17, 15) is 18.0 Å². The van der Waals surface area contributed by atoms with Crippen LogP contribution in [0.5, 0.6) is 0 Å². The number of benzene rings is 2. The van der Waals surface area contributed by atoms with Crippen molar-refractivity contribution in [1.29, 1.82) is 0 Å². The van der Waals surface area contributed by atoms with Crippen molar-refractivity contribution < 1.29 is 22.4 Å². The smallest absolute Gasteiger partial charge is 0.435 e. The van der Waals surface area contributed by atoms with Crippen LogP contribution in [0.1, 0.15) is 5.76 Å². The lowest BCUT2D eigenvalue weighted by atomic mass is 10.1. The third-order valence-electron chi connectivity index (χ3n) is 4.06. The lowest BCUT2D eigenvalue weighted by Gasteiger charge is -2.10. The van der Waals surface area contributed by atoms with Crippen LogP contribution in [0, 0.1) is 0 Å². The summed E-state index contributed by atoms with van der Waals surface area (Å²) in [6.45, 7) is 0. The van der Waals surface area contributed by atoms with E-state index in [4.69, 9.17) is 4.42 Å². The zero-order chi connectivity index (χ0) is 21.3. The molecule has 30 heavy (non-hydrogen) atoms. The van der Waals surface area contributed by atoms with Gasteiger partial charge in [0.15, 0.2) is 10.8 Å². The van der Waals surface area contributed by atoms with E-state index in [1.165, 1.54) is 30.0 Å². The molecule has 4 rings (SSSR count). The van der Waals surface area contributed by atoms with Crippen molar-refractivity contribution in [3.8, 4) is 0 Å². The van der Waals surface area contributed by atoms with Crippen LogP contribution in [0.25, 0.3) is 6.08 Å². The highest BCUT2D eigenvalue weighted by Crippen LogP contribution is 2.38. The number of amides is 1. The summed E-state index contributed by atoms with van der Waals surface area (Å²) in [7, 11) is 0. The fourth-order valence-electron chi connectivity index (χ4n) is 2.75. The highest BCUT2D eigenvalue weighted by atomic mass is 79.9. The predicted molar refractivity (Wildman–Crippen MR) is 112 cm³/mol. The highest BCUT2D eigenvalue weighted by Gasteiger charge is 2.47. The first-order valence-corrected chi connectivity index (χ1v) is 10.2. The minimum atomic E-state index is -4.80. The lowest BCUT2D eigenvalue weighted by molar-refractivity contribution is -0.114. The first-order chi connectivity index (χ1) is 14.3. The van der Waals surface area contributed by atoms with Crippen LogP contribution in [0.2, 0.25) is 0 Å². The Morgan fingerprint density at radius 3 is 2.30 bits per heavy atom. The molecule has 0 saturated heterocycles. The number of para-hydroxylation sites is 1. The zero-order valence-electron chi connectivity index (χ0n) is 15.1. The van der Waals surface area contributed by atoms with Crippen LogP contribution in [-0.4, -0.2) is 17.8 Å². The summed E-state index contributed by atoms with van der Waals surface area (Å²) >= 11 is 4.66. The van der Waals surface area contributed by atoms with Gasteiger partial charge < -0.3 is 4.42 Å². The van der Waals surface area contributed by atoms with Gasteiger partial charge in [-0.3, -0.25) is 4.79 Å². The van der Waals surface area contributed by atoms with Crippen LogP contribution in [0.4, 0.5) is 18.9 Å². The minimum absolute atomic E-state index is 0.107. The third-order valence-corrected chi connectivity index (χ3v) is 5.91. The van der Waals surface area contributed by atoms with Gasteiger partial charge in [-0.1, -0.05) is 48.2 Å². The molecule has 0 saturated carbocycles. The molecular weight excluding hydrogens is 481 g/mol. The summed E-state index contributed by atoms with van der Waals surface area (Å²) in [5, 5.41) is 4.74. The fourth-order valence-corrected chi connectivity index (χ4v) is 4.10. The first-order valence-electron chi connectivity index (χ1n) is 8.62. The maximum Gasteiger partial charge on any atom is 0.435 e. The Labute approximate surface area is 182 Å². The van der Waals surface area contributed by atoms with E-state index >= 15 is 0 Å². The molecule has 9 heteroatoms. The van der Waals surface area contributed by atoms with Gasteiger partial charge in [0.2, 0.25) is 0 Å².